The van der Waals surface area contributed by atoms with Crippen molar-refractivity contribution in [1.29, 1.82) is 0 Å². The van der Waals surface area contributed by atoms with Crippen molar-refractivity contribution in [2.24, 2.45) is 0 Å². The van der Waals surface area contributed by atoms with E-state index in [1.165, 1.54) is 18.5 Å². The molecular formula is C19H25N5O. The number of H-pyrrole nitrogens is 2. The summed E-state index contributed by atoms with van der Waals surface area (Å²) < 4.78 is 5.95. The van der Waals surface area contributed by atoms with E-state index in [1.807, 2.05) is 19.2 Å². The largest absolute Gasteiger partial charge is 0.464 e. The lowest BCUT2D eigenvalue weighted by Crippen LogP contribution is -2.35. The predicted molar refractivity (Wildman–Crippen MR) is 95.2 cm³/mol. The van der Waals surface area contributed by atoms with Gasteiger partial charge in [-0.05, 0) is 25.5 Å². The standard InChI is InChI=1S/C19H25N5O/c1-3-4-5-17-20-10-14(23-17)11-24-9-8-15-18(22-12-21-15)19(24)16-7-6-13(2)25-16/h6-7,10,12,19H,3-5,8-9,11H2,1-2H3,(H,20,23)(H,21,22). The van der Waals surface area contributed by atoms with Gasteiger partial charge in [0, 0.05) is 43.5 Å². The smallest absolute Gasteiger partial charge is 0.127 e. The quantitative estimate of drug-likeness (QED) is 0.720. The third kappa shape index (κ3) is 3.26. The average Bonchev–Trinajstić information content (AvgIpc) is 3.34. The monoisotopic (exact) mass is 339 g/mol. The van der Waals surface area contributed by atoms with Crippen LogP contribution < -0.4 is 0 Å². The number of aryl methyl sites for hydroxylation is 2. The van der Waals surface area contributed by atoms with Crippen molar-refractivity contribution in [2.45, 2.75) is 52.1 Å². The Morgan fingerprint density at radius 1 is 1.32 bits per heavy atom. The Morgan fingerprint density at radius 2 is 2.24 bits per heavy atom. The van der Waals surface area contributed by atoms with E-state index in [-0.39, 0.29) is 6.04 Å². The number of imidazole rings is 2. The minimum Gasteiger partial charge on any atom is -0.464 e. The summed E-state index contributed by atoms with van der Waals surface area (Å²) in [6.45, 7) is 5.96. The van der Waals surface area contributed by atoms with Crippen molar-refractivity contribution in [3.63, 3.8) is 0 Å². The van der Waals surface area contributed by atoms with Gasteiger partial charge in [-0.25, -0.2) is 9.97 Å². The molecule has 132 valence electrons. The van der Waals surface area contributed by atoms with E-state index < -0.39 is 0 Å². The van der Waals surface area contributed by atoms with Crippen molar-refractivity contribution in [3.05, 3.63) is 59.1 Å². The Hall–Kier alpha value is -2.34. The summed E-state index contributed by atoms with van der Waals surface area (Å²) in [5, 5.41) is 0. The van der Waals surface area contributed by atoms with Crippen LogP contribution in [0.3, 0.4) is 0 Å². The fourth-order valence-corrected chi connectivity index (χ4v) is 3.59. The number of aromatic amines is 2. The number of hydrogen-bond donors (Lipinski definition) is 2. The Balaban J connectivity index is 1.58. The zero-order chi connectivity index (χ0) is 17.2. The molecule has 6 nitrogen and oxygen atoms in total. The molecule has 1 aliphatic rings. The normalized spacial score (nSPS) is 17.8. The summed E-state index contributed by atoms with van der Waals surface area (Å²) in [6.07, 6.45) is 8.10. The predicted octanol–water partition coefficient (Wildman–Crippen LogP) is 3.52. The van der Waals surface area contributed by atoms with E-state index in [0.29, 0.717) is 0 Å². The third-order valence-corrected chi connectivity index (χ3v) is 4.88. The molecule has 0 saturated carbocycles. The lowest BCUT2D eigenvalue weighted by atomic mass is 10.0. The van der Waals surface area contributed by atoms with E-state index in [2.05, 4.69) is 37.8 Å². The molecule has 2 N–H and O–H groups in total. The van der Waals surface area contributed by atoms with Crippen LogP contribution in [0.25, 0.3) is 0 Å². The van der Waals surface area contributed by atoms with E-state index in [1.54, 1.807) is 6.33 Å². The molecule has 6 heteroatoms. The second kappa shape index (κ2) is 6.88. The molecule has 0 aliphatic carbocycles. The Morgan fingerprint density at radius 3 is 3.04 bits per heavy atom. The van der Waals surface area contributed by atoms with Gasteiger partial charge < -0.3 is 14.4 Å². The first-order chi connectivity index (χ1) is 12.2. The van der Waals surface area contributed by atoms with Crippen LogP contribution in [0.4, 0.5) is 0 Å². The van der Waals surface area contributed by atoms with E-state index in [9.17, 15) is 0 Å². The van der Waals surface area contributed by atoms with Crippen LogP contribution in [-0.2, 0) is 19.4 Å². The second-order valence-corrected chi connectivity index (χ2v) is 6.80. The molecule has 1 unspecified atom stereocenters. The van der Waals surface area contributed by atoms with E-state index in [0.717, 1.165) is 54.7 Å². The third-order valence-electron chi connectivity index (χ3n) is 4.88. The van der Waals surface area contributed by atoms with Crippen LogP contribution in [0.5, 0.6) is 0 Å². The number of fused-ring (bicyclic) bond motifs is 1. The lowest BCUT2D eigenvalue weighted by molar-refractivity contribution is 0.176. The summed E-state index contributed by atoms with van der Waals surface area (Å²) >= 11 is 0. The van der Waals surface area contributed by atoms with E-state index in [4.69, 9.17) is 4.42 Å². The number of nitrogens with zero attached hydrogens (tertiary/aromatic N) is 3. The Kier molecular flexibility index (Phi) is 4.44. The zero-order valence-corrected chi connectivity index (χ0v) is 14.9. The van der Waals surface area contributed by atoms with E-state index >= 15 is 0 Å². The molecule has 4 heterocycles. The van der Waals surface area contributed by atoms with Crippen molar-refractivity contribution in [2.75, 3.05) is 6.54 Å². The van der Waals surface area contributed by atoms with Gasteiger partial charge in [-0.1, -0.05) is 13.3 Å². The van der Waals surface area contributed by atoms with Gasteiger partial charge in [-0.2, -0.15) is 0 Å². The maximum Gasteiger partial charge on any atom is 0.127 e. The first kappa shape index (κ1) is 16.1. The highest BCUT2D eigenvalue weighted by molar-refractivity contribution is 5.28. The summed E-state index contributed by atoms with van der Waals surface area (Å²) in [5.74, 6) is 2.97. The molecule has 1 atom stereocenters. The molecule has 0 aromatic carbocycles. The molecule has 0 bridgehead atoms. The molecule has 0 fully saturated rings. The van der Waals surface area contributed by atoms with Crippen molar-refractivity contribution >= 4 is 0 Å². The molecular weight excluding hydrogens is 314 g/mol. The number of unbranched alkanes of at least 4 members (excludes halogenated alkanes) is 1. The van der Waals surface area contributed by atoms with Crippen molar-refractivity contribution in [3.8, 4) is 0 Å². The van der Waals surface area contributed by atoms with Gasteiger partial charge >= 0.3 is 0 Å². The van der Waals surface area contributed by atoms with Gasteiger partial charge in [0.1, 0.15) is 23.4 Å². The maximum atomic E-state index is 5.95. The molecule has 3 aromatic heterocycles. The highest BCUT2D eigenvalue weighted by Gasteiger charge is 2.33. The maximum absolute atomic E-state index is 5.95. The molecule has 0 spiro atoms. The molecule has 0 radical (unpaired) electrons. The van der Waals surface area contributed by atoms with Gasteiger partial charge in [0.2, 0.25) is 0 Å². The average molecular weight is 339 g/mol. The Labute approximate surface area is 147 Å². The topological polar surface area (TPSA) is 73.7 Å². The molecule has 0 saturated heterocycles. The van der Waals surface area contributed by atoms with Gasteiger partial charge in [0.25, 0.3) is 0 Å². The first-order valence-electron chi connectivity index (χ1n) is 9.10. The van der Waals surface area contributed by atoms with Crippen LogP contribution in [0.2, 0.25) is 0 Å². The van der Waals surface area contributed by atoms with Crippen molar-refractivity contribution < 1.29 is 4.42 Å². The highest BCUT2D eigenvalue weighted by Crippen LogP contribution is 2.35. The molecule has 4 rings (SSSR count). The van der Waals surface area contributed by atoms with Crippen LogP contribution >= 0.6 is 0 Å². The number of nitrogens with one attached hydrogen (secondary N) is 2. The number of hydrogen-bond acceptors (Lipinski definition) is 4. The number of aromatic nitrogens is 4. The van der Waals surface area contributed by atoms with Crippen LogP contribution in [0, 0.1) is 6.92 Å². The first-order valence-corrected chi connectivity index (χ1v) is 9.10. The summed E-state index contributed by atoms with van der Waals surface area (Å²) in [6, 6.07) is 4.13. The van der Waals surface area contributed by atoms with Gasteiger partial charge in [-0.3, -0.25) is 4.90 Å². The lowest BCUT2D eigenvalue weighted by Gasteiger charge is -2.33. The fraction of sp³-hybridized carbons (Fsp3) is 0.474. The molecule has 25 heavy (non-hydrogen) atoms. The van der Waals surface area contributed by atoms with Gasteiger partial charge in [0.15, 0.2) is 0 Å². The Bertz CT molecular complexity index is 830. The van der Waals surface area contributed by atoms with Crippen LogP contribution in [0.15, 0.2) is 29.1 Å². The second-order valence-electron chi connectivity index (χ2n) is 6.80. The molecule has 3 aromatic rings. The van der Waals surface area contributed by atoms with Crippen molar-refractivity contribution in [1.82, 2.24) is 24.8 Å². The molecule has 1 aliphatic heterocycles. The fourth-order valence-electron chi connectivity index (χ4n) is 3.59. The summed E-state index contributed by atoms with van der Waals surface area (Å²) in [5.41, 5.74) is 3.44. The van der Waals surface area contributed by atoms with Crippen LogP contribution in [-0.4, -0.2) is 31.4 Å². The van der Waals surface area contributed by atoms with Gasteiger partial charge in [-0.15, -0.1) is 0 Å². The number of furan rings is 1. The molecule has 0 amide bonds. The summed E-state index contributed by atoms with van der Waals surface area (Å²) in [4.78, 5) is 18.3. The zero-order valence-electron chi connectivity index (χ0n) is 14.9. The summed E-state index contributed by atoms with van der Waals surface area (Å²) in [7, 11) is 0. The minimum atomic E-state index is 0.0473. The van der Waals surface area contributed by atoms with Gasteiger partial charge in [0.05, 0.1) is 12.0 Å². The highest BCUT2D eigenvalue weighted by atomic mass is 16.3. The van der Waals surface area contributed by atoms with Crippen LogP contribution in [0.1, 0.15) is 60.2 Å². The number of rotatable bonds is 6. The SMILES string of the molecule is CCCCc1ncc(CN2CCc3[nH]cnc3C2c2ccc(C)o2)[nH]1. The minimum absolute atomic E-state index is 0.0473.